The molecule has 1 aliphatic heterocycles. The third-order valence-electron chi connectivity index (χ3n) is 5.07. The van der Waals surface area contributed by atoms with Crippen molar-refractivity contribution in [2.75, 3.05) is 33.7 Å². The van der Waals surface area contributed by atoms with E-state index >= 15 is 0 Å². The number of nitrogens with one attached hydrogen (secondary N) is 1. The maximum atomic E-state index is 13.1. The van der Waals surface area contributed by atoms with Crippen molar-refractivity contribution in [3.8, 4) is 0 Å². The largest absolute Gasteiger partial charge is 0.350 e. The van der Waals surface area contributed by atoms with Crippen LogP contribution in [-0.2, 0) is 10.0 Å². The Labute approximate surface area is 171 Å². The molecule has 1 aromatic heterocycles. The highest BCUT2D eigenvalue weighted by molar-refractivity contribution is 7.89. The number of rotatable bonds is 7. The van der Waals surface area contributed by atoms with E-state index in [0.717, 1.165) is 24.8 Å². The predicted molar refractivity (Wildman–Crippen MR) is 112 cm³/mol. The number of amides is 1. The summed E-state index contributed by atoms with van der Waals surface area (Å²) >= 11 is 1.61. The zero-order valence-corrected chi connectivity index (χ0v) is 17.9. The molecule has 8 heteroatoms. The number of likely N-dealkylation sites (N-methyl/N-ethyl adjacent to an activating group) is 1. The Morgan fingerprint density at radius 1 is 1.18 bits per heavy atom. The number of thiophene rings is 1. The van der Waals surface area contributed by atoms with E-state index in [-0.39, 0.29) is 22.4 Å². The highest BCUT2D eigenvalue weighted by atomic mass is 32.2. The van der Waals surface area contributed by atoms with Crippen LogP contribution in [0.25, 0.3) is 0 Å². The van der Waals surface area contributed by atoms with Crippen LogP contribution in [0.1, 0.15) is 41.2 Å². The number of benzene rings is 1. The number of nitrogens with zero attached hydrogens (tertiary/aromatic N) is 2. The summed E-state index contributed by atoms with van der Waals surface area (Å²) in [4.78, 5) is 15.0. The van der Waals surface area contributed by atoms with Crippen LogP contribution in [0.15, 0.2) is 46.0 Å². The molecule has 1 N–H and O–H groups in total. The molecule has 0 bridgehead atoms. The van der Waals surface area contributed by atoms with E-state index in [1.807, 2.05) is 30.4 Å². The third kappa shape index (κ3) is 4.63. The molecule has 1 atom stereocenters. The maximum absolute atomic E-state index is 13.1. The molecule has 6 nitrogen and oxygen atoms in total. The first-order valence-corrected chi connectivity index (χ1v) is 11.9. The van der Waals surface area contributed by atoms with E-state index in [0.29, 0.717) is 19.6 Å². The van der Waals surface area contributed by atoms with Gasteiger partial charge in [-0.2, -0.15) is 15.6 Å². The SMILES string of the molecule is CN(C)C(CNC(=O)c1ccccc1S(=O)(=O)N1CCCCC1)c1ccsc1. The lowest BCUT2D eigenvalue weighted by atomic mass is 10.1. The van der Waals surface area contributed by atoms with Crippen molar-refractivity contribution in [3.05, 3.63) is 52.2 Å². The monoisotopic (exact) mass is 421 g/mol. The van der Waals surface area contributed by atoms with Gasteiger partial charge < -0.3 is 10.2 Å². The van der Waals surface area contributed by atoms with Gasteiger partial charge in [-0.1, -0.05) is 18.6 Å². The van der Waals surface area contributed by atoms with Gasteiger partial charge in [-0.25, -0.2) is 8.42 Å². The van der Waals surface area contributed by atoms with Crippen LogP contribution < -0.4 is 5.32 Å². The van der Waals surface area contributed by atoms with Gasteiger partial charge >= 0.3 is 0 Å². The van der Waals surface area contributed by atoms with Crippen LogP contribution >= 0.6 is 11.3 Å². The molecule has 1 unspecified atom stereocenters. The highest BCUT2D eigenvalue weighted by Gasteiger charge is 2.30. The Balaban J connectivity index is 1.79. The van der Waals surface area contributed by atoms with Crippen molar-refractivity contribution in [3.63, 3.8) is 0 Å². The molecule has 1 aliphatic rings. The Bertz CT molecular complexity index is 889. The highest BCUT2D eigenvalue weighted by Crippen LogP contribution is 2.24. The number of piperidine rings is 1. The minimum absolute atomic E-state index is 0.0288. The minimum atomic E-state index is -3.67. The van der Waals surface area contributed by atoms with Crippen molar-refractivity contribution in [1.82, 2.24) is 14.5 Å². The molecule has 28 heavy (non-hydrogen) atoms. The summed E-state index contributed by atoms with van der Waals surface area (Å²) in [7, 11) is 0.251. The Morgan fingerprint density at radius 2 is 1.89 bits per heavy atom. The van der Waals surface area contributed by atoms with Gasteiger partial charge in [0.25, 0.3) is 5.91 Å². The second-order valence-corrected chi connectivity index (χ2v) is 9.89. The van der Waals surface area contributed by atoms with Crippen LogP contribution in [0.2, 0.25) is 0 Å². The van der Waals surface area contributed by atoms with Crippen LogP contribution in [0.4, 0.5) is 0 Å². The normalized spacial score (nSPS) is 16.8. The van der Waals surface area contributed by atoms with E-state index in [4.69, 9.17) is 0 Å². The summed E-state index contributed by atoms with van der Waals surface area (Å²) in [5, 5.41) is 6.99. The number of sulfonamides is 1. The van der Waals surface area contributed by atoms with Crippen molar-refractivity contribution < 1.29 is 13.2 Å². The van der Waals surface area contributed by atoms with Crippen LogP contribution in [0.3, 0.4) is 0 Å². The molecule has 1 amide bonds. The van der Waals surface area contributed by atoms with E-state index in [1.165, 1.54) is 10.4 Å². The lowest BCUT2D eigenvalue weighted by molar-refractivity contribution is 0.0938. The summed E-state index contributed by atoms with van der Waals surface area (Å²) in [5.41, 5.74) is 1.33. The van der Waals surface area contributed by atoms with Crippen molar-refractivity contribution in [2.24, 2.45) is 0 Å². The molecule has 2 heterocycles. The Morgan fingerprint density at radius 3 is 2.54 bits per heavy atom. The average molecular weight is 422 g/mol. The molecule has 0 spiro atoms. The molecule has 1 aromatic carbocycles. The lowest BCUT2D eigenvalue weighted by Crippen LogP contribution is -2.38. The number of carbonyl (C=O) groups is 1. The van der Waals surface area contributed by atoms with E-state index < -0.39 is 10.0 Å². The summed E-state index contributed by atoms with van der Waals surface area (Å²) < 4.78 is 27.7. The Kier molecular flexibility index (Phi) is 6.87. The molecule has 0 aliphatic carbocycles. The molecule has 1 fully saturated rings. The van der Waals surface area contributed by atoms with Gasteiger partial charge in [0.05, 0.1) is 16.5 Å². The smallest absolute Gasteiger partial charge is 0.252 e. The fraction of sp³-hybridized carbons (Fsp3) is 0.450. The first-order valence-electron chi connectivity index (χ1n) is 9.47. The van der Waals surface area contributed by atoms with E-state index in [2.05, 4.69) is 10.7 Å². The number of hydrogen-bond donors (Lipinski definition) is 1. The molecule has 1 saturated heterocycles. The minimum Gasteiger partial charge on any atom is -0.350 e. The first-order chi connectivity index (χ1) is 13.4. The maximum Gasteiger partial charge on any atom is 0.252 e. The third-order valence-corrected chi connectivity index (χ3v) is 7.73. The number of carbonyl (C=O) groups excluding carboxylic acids is 1. The summed E-state index contributed by atoms with van der Waals surface area (Å²) in [6.07, 6.45) is 2.76. The van der Waals surface area contributed by atoms with E-state index in [9.17, 15) is 13.2 Å². The van der Waals surface area contributed by atoms with Crippen molar-refractivity contribution >= 4 is 27.3 Å². The topological polar surface area (TPSA) is 69.7 Å². The summed E-state index contributed by atoms with van der Waals surface area (Å²) in [5.74, 6) is -0.363. The quantitative estimate of drug-likeness (QED) is 0.746. The molecule has 0 saturated carbocycles. The molecule has 2 aromatic rings. The van der Waals surface area contributed by atoms with E-state index in [1.54, 1.807) is 29.5 Å². The Hall–Kier alpha value is -1.74. The van der Waals surface area contributed by atoms with Gasteiger partial charge in [-0.15, -0.1) is 0 Å². The molecule has 0 radical (unpaired) electrons. The zero-order chi connectivity index (χ0) is 20.1. The van der Waals surface area contributed by atoms with Gasteiger partial charge in [0, 0.05) is 19.6 Å². The summed E-state index contributed by atoms with van der Waals surface area (Å²) in [6, 6.07) is 8.55. The van der Waals surface area contributed by atoms with Crippen LogP contribution in [-0.4, -0.2) is 57.3 Å². The fourth-order valence-corrected chi connectivity index (χ4v) is 5.88. The zero-order valence-electron chi connectivity index (χ0n) is 16.3. The van der Waals surface area contributed by atoms with Gasteiger partial charge in [-0.3, -0.25) is 4.79 Å². The number of hydrogen-bond acceptors (Lipinski definition) is 5. The average Bonchev–Trinajstić information content (AvgIpc) is 3.23. The molecular formula is C20H27N3O3S2. The van der Waals surface area contributed by atoms with Crippen molar-refractivity contribution in [1.29, 1.82) is 0 Å². The van der Waals surface area contributed by atoms with Gasteiger partial charge in [-0.05, 0) is 61.5 Å². The van der Waals surface area contributed by atoms with Crippen LogP contribution in [0.5, 0.6) is 0 Å². The summed E-state index contributed by atoms with van der Waals surface area (Å²) in [6.45, 7) is 1.43. The molecule has 152 valence electrons. The van der Waals surface area contributed by atoms with Crippen LogP contribution in [0, 0.1) is 0 Å². The first kappa shape index (κ1) is 21.0. The lowest BCUT2D eigenvalue weighted by Gasteiger charge is -2.27. The second-order valence-electron chi connectivity index (χ2n) is 7.21. The van der Waals surface area contributed by atoms with Gasteiger partial charge in [0.1, 0.15) is 0 Å². The van der Waals surface area contributed by atoms with Crippen molar-refractivity contribution in [2.45, 2.75) is 30.2 Å². The molecule has 3 rings (SSSR count). The fourth-order valence-electron chi connectivity index (χ4n) is 3.47. The second kappa shape index (κ2) is 9.17. The van der Waals surface area contributed by atoms with Gasteiger partial charge in [0.2, 0.25) is 10.0 Å². The predicted octanol–water partition coefficient (Wildman–Crippen LogP) is 2.96. The molecular weight excluding hydrogens is 394 g/mol. The van der Waals surface area contributed by atoms with Gasteiger partial charge in [0.15, 0.2) is 0 Å². The standard InChI is InChI=1S/C20H27N3O3S2/c1-22(2)18(16-10-13-27-15-16)14-21-20(24)17-8-4-5-9-19(17)28(25,26)23-11-6-3-7-12-23/h4-5,8-10,13,15,18H,3,6-7,11-12,14H2,1-2H3,(H,21,24).